The number of carbonyl (C=O) groups is 3. The first kappa shape index (κ1) is 22.8. The smallest absolute Gasteiger partial charge is 0.340 e. The zero-order chi connectivity index (χ0) is 21.3. The van der Waals surface area contributed by atoms with Gasteiger partial charge in [-0.3, -0.25) is 4.79 Å². The summed E-state index contributed by atoms with van der Waals surface area (Å²) in [5.41, 5.74) is -4.02. The highest BCUT2D eigenvalue weighted by Gasteiger charge is 2.50. The molecule has 5 unspecified atom stereocenters. The zero-order valence-corrected chi connectivity index (χ0v) is 17.4. The summed E-state index contributed by atoms with van der Waals surface area (Å²) in [6.07, 6.45) is 0.363. The molecule has 0 aliphatic carbocycles. The van der Waals surface area contributed by atoms with Gasteiger partial charge >= 0.3 is 11.9 Å². The number of carbonyl (C=O) groups excluding carboxylic acids is 3. The third-order valence-corrected chi connectivity index (χ3v) is 6.00. The maximum absolute atomic E-state index is 12.8. The van der Waals surface area contributed by atoms with Crippen molar-refractivity contribution in [3.63, 3.8) is 0 Å². The van der Waals surface area contributed by atoms with Crippen LogP contribution in [0.25, 0.3) is 0 Å². The third kappa shape index (κ3) is 4.56. The van der Waals surface area contributed by atoms with Crippen molar-refractivity contribution in [3.05, 3.63) is 11.6 Å². The molecule has 0 amide bonds. The lowest BCUT2D eigenvalue weighted by molar-refractivity contribution is -0.183. The molecule has 2 N–H and O–H groups in total. The summed E-state index contributed by atoms with van der Waals surface area (Å²) in [7, 11) is 1.83. The van der Waals surface area contributed by atoms with Crippen LogP contribution in [0.15, 0.2) is 11.6 Å². The monoisotopic (exact) mass is 417 g/mol. The summed E-state index contributed by atoms with van der Waals surface area (Å²) in [5.74, 6) is -3.36. The number of nitrogens with zero attached hydrogens (tertiary/aromatic N) is 1. The second kappa shape index (κ2) is 8.49. The van der Waals surface area contributed by atoms with Crippen molar-refractivity contribution in [2.45, 2.75) is 56.3 Å². The van der Waals surface area contributed by atoms with Crippen LogP contribution in [0.1, 0.15) is 33.6 Å². The maximum Gasteiger partial charge on any atom is 0.340 e. The Kier molecular flexibility index (Phi) is 6.91. The number of hydrogen-bond donors (Lipinski definition) is 2. The number of hydrogen-bond acceptors (Lipinski definition) is 8. The van der Waals surface area contributed by atoms with E-state index >= 15 is 0 Å². The summed E-state index contributed by atoms with van der Waals surface area (Å²) in [5, 5.41) is 20.5. The van der Waals surface area contributed by atoms with Crippen LogP contribution in [-0.2, 0) is 23.9 Å². The highest BCUT2D eigenvalue weighted by atomic mass is 35.5. The van der Waals surface area contributed by atoms with E-state index in [0.29, 0.717) is 13.1 Å². The molecule has 2 rings (SSSR count). The zero-order valence-electron chi connectivity index (χ0n) is 16.6. The second-order valence-electron chi connectivity index (χ2n) is 7.91. The Labute approximate surface area is 169 Å². The molecule has 0 aromatic rings. The van der Waals surface area contributed by atoms with Crippen LogP contribution in [0.4, 0.5) is 0 Å². The molecule has 2 bridgehead atoms. The van der Waals surface area contributed by atoms with Gasteiger partial charge in [-0.25, -0.2) is 9.59 Å². The number of esters is 2. The van der Waals surface area contributed by atoms with Crippen molar-refractivity contribution in [1.29, 1.82) is 0 Å². The van der Waals surface area contributed by atoms with E-state index in [2.05, 4.69) is 0 Å². The van der Waals surface area contributed by atoms with E-state index in [1.165, 1.54) is 20.8 Å². The standard InChI is InChI=1S/C19H28ClNO7/c1-11-9-19(26,12(2)20)17(24)28-14-6-8-21(4)7-5-13(15(14)22)10-27-16(23)18(11,3)25/h5,11-12,14,25-26H,6-10H2,1-4H3. The molecule has 2 heterocycles. The topological polar surface area (TPSA) is 113 Å². The molecule has 28 heavy (non-hydrogen) atoms. The second-order valence-corrected chi connectivity index (χ2v) is 8.56. The number of alkyl halides is 1. The minimum atomic E-state index is -2.19. The van der Waals surface area contributed by atoms with Crippen LogP contribution < -0.4 is 0 Å². The summed E-state index contributed by atoms with van der Waals surface area (Å²) in [6, 6.07) is 0. The molecular weight excluding hydrogens is 390 g/mol. The molecule has 2 aliphatic heterocycles. The van der Waals surface area contributed by atoms with Gasteiger partial charge in [0.15, 0.2) is 17.3 Å². The first-order valence-electron chi connectivity index (χ1n) is 9.28. The number of likely N-dealkylation sites (N-methyl/N-ethyl adjacent to an activating group) is 1. The molecule has 8 nitrogen and oxygen atoms in total. The number of cyclic esters (lactones) is 1. The minimum Gasteiger partial charge on any atom is -0.459 e. The van der Waals surface area contributed by atoms with E-state index < -0.39 is 46.3 Å². The number of Topliss-reactive ketones (excluding diaryl/α,β-unsaturated/α-hetero) is 1. The van der Waals surface area contributed by atoms with Crippen molar-refractivity contribution >= 4 is 29.3 Å². The van der Waals surface area contributed by atoms with E-state index in [1.54, 1.807) is 6.08 Å². The van der Waals surface area contributed by atoms with Gasteiger partial charge in [0.05, 0.1) is 5.38 Å². The normalized spacial score (nSPS) is 37.4. The Balaban J connectivity index is 2.50. The third-order valence-electron chi connectivity index (χ3n) is 5.64. The lowest BCUT2D eigenvalue weighted by atomic mass is 9.79. The lowest BCUT2D eigenvalue weighted by Crippen LogP contribution is -2.54. The predicted octanol–water partition coefficient (Wildman–Crippen LogP) is 0.422. The van der Waals surface area contributed by atoms with Gasteiger partial charge in [0.2, 0.25) is 5.78 Å². The summed E-state index contributed by atoms with van der Waals surface area (Å²) in [4.78, 5) is 40.0. The van der Waals surface area contributed by atoms with Gasteiger partial charge in [-0.2, -0.15) is 0 Å². The van der Waals surface area contributed by atoms with Crippen LogP contribution in [0.2, 0.25) is 0 Å². The first-order chi connectivity index (χ1) is 12.9. The van der Waals surface area contributed by atoms with Crippen LogP contribution in [0.5, 0.6) is 0 Å². The fraction of sp³-hybridized carbons (Fsp3) is 0.737. The van der Waals surface area contributed by atoms with Crippen molar-refractivity contribution in [2.75, 3.05) is 26.7 Å². The first-order valence-corrected chi connectivity index (χ1v) is 9.72. The molecule has 1 saturated heterocycles. The Hall–Kier alpha value is -1.48. The highest BCUT2D eigenvalue weighted by Crippen LogP contribution is 2.33. The van der Waals surface area contributed by atoms with Gasteiger partial charge in [-0.1, -0.05) is 13.0 Å². The number of rotatable bonds is 1. The van der Waals surface area contributed by atoms with Gasteiger partial charge < -0.3 is 24.6 Å². The average molecular weight is 418 g/mol. The van der Waals surface area contributed by atoms with E-state index in [0.717, 1.165) is 0 Å². The van der Waals surface area contributed by atoms with Crippen LogP contribution in [0, 0.1) is 5.92 Å². The number of halogens is 1. The molecule has 158 valence electrons. The molecular formula is C19H28ClNO7. The Morgan fingerprint density at radius 2 is 1.93 bits per heavy atom. The number of fused-ring (bicyclic) bond motifs is 2. The van der Waals surface area contributed by atoms with Gasteiger partial charge in [0.1, 0.15) is 6.61 Å². The number of ketones is 1. The predicted molar refractivity (Wildman–Crippen MR) is 101 cm³/mol. The molecule has 0 saturated carbocycles. The molecule has 0 aromatic heterocycles. The Bertz CT molecular complexity index is 675. The van der Waals surface area contributed by atoms with Gasteiger partial charge in [0, 0.05) is 25.1 Å². The van der Waals surface area contributed by atoms with E-state index in [4.69, 9.17) is 21.1 Å². The molecule has 2 aliphatic rings. The van der Waals surface area contributed by atoms with E-state index in [-0.39, 0.29) is 25.0 Å². The quantitative estimate of drug-likeness (QED) is 0.466. The lowest BCUT2D eigenvalue weighted by Gasteiger charge is -2.37. The minimum absolute atomic E-state index is 0.171. The number of aliphatic hydroxyl groups is 2. The van der Waals surface area contributed by atoms with Crippen molar-refractivity contribution < 1.29 is 34.1 Å². The van der Waals surface area contributed by atoms with Gasteiger partial charge in [-0.15, -0.1) is 11.6 Å². The van der Waals surface area contributed by atoms with E-state index in [1.807, 2.05) is 11.9 Å². The fourth-order valence-electron chi connectivity index (χ4n) is 3.17. The molecule has 5 atom stereocenters. The van der Waals surface area contributed by atoms with Crippen LogP contribution in [0.3, 0.4) is 0 Å². The van der Waals surface area contributed by atoms with Crippen molar-refractivity contribution in [2.24, 2.45) is 5.92 Å². The Morgan fingerprint density at radius 3 is 2.54 bits per heavy atom. The van der Waals surface area contributed by atoms with Crippen molar-refractivity contribution in [1.82, 2.24) is 4.90 Å². The molecule has 9 heteroatoms. The summed E-state index contributed by atoms with van der Waals surface area (Å²) >= 11 is 6.08. The summed E-state index contributed by atoms with van der Waals surface area (Å²) < 4.78 is 10.6. The molecule has 0 aromatic carbocycles. The largest absolute Gasteiger partial charge is 0.459 e. The fourth-order valence-corrected chi connectivity index (χ4v) is 3.35. The molecule has 0 radical (unpaired) electrons. The van der Waals surface area contributed by atoms with Gasteiger partial charge in [-0.05, 0) is 33.2 Å². The molecule has 1 fully saturated rings. The van der Waals surface area contributed by atoms with Crippen molar-refractivity contribution in [3.8, 4) is 0 Å². The van der Waals surface area contributed by atoms with Crippen LogP contribution >= 0.6 is 11.6 Å². The highest BCUT2D eigenvalue weighted by molar-refractivity contribution is 6.23. The van der Waals surface area contributed by atoms with Crippen LogP contribution in [-0.4, -0.2) is 82.3 Å². The Morgan fingerprint density at radius 1 is 1.29 bits per heavy atom. The van der Waals surface area contributed by atoms with Gasteiger partial charge in [0.25, 0.3) is 0 Å². The molecule has 0 spiro atoms. The average Bonchev–Trinajstić information content (AvgIpc) is 2.61. The summed E-state index contributed by atoms with van der Waals surface area (Å²) in [6.45, 7) is 4.76. The van der Waals surface area contributed by atoms with E-state index in [9.17, 15) is 24.6 Å². The SMILES string of the molecule is CC1CC(O)(C(C)Cl)C(=O)OC2CCN(C)CC=C(COC(=O)C1(C)O)C2=O. The number of ether oxygens (including phenoxy) is 2. The maximum atomic E-state index is 12.8.